The van der Waals surface area contributed by atoms with Gasteiger partial charge >= 0.3 is 0 Å². The maximum Gasteiger partial charge on any atom is 0.275 e. The first kappa shape index (κ1) is 11.9. The Morgan fingerprint density at radius 3 is 2.38 bits per heavy atom. The normalized spacial score (nSPS) is 10.2. The number of carbonyl (C=O) groups is 1. The van der Waals surface area contributed by atoms with Crippen LogP contribution in [0.25, 0.3) is 0 Å². The van der Waals surface area contributed by atoms with Crippen LogP contribution in [0.1, 0.15) is 27.7 Å². The van der Waals surface area contributed by atoms with Gasteiger partial charge in [0, 0.05) is 6.08 Å². The fourth-order valence-electron chi connectivity index (χ4n) is 0.520. The van der Waals surface area contributed by atoms with Crippen molar-refractivity contribution < 1.29 is 9.63 Å². The van der Waals surface area contributed by atoms with E-state index < -0.39 is 0 Å². The second-order valence-corrected chi connectivity index (χ2v) is 3.83. The standard InChI is InChI=1S/C10H17NO2/c1-8(10(2,3)4)6-7-9(12)11-13-5/h7H,1-5H3,(H,11,12). The van der Waals surface area contributed by atoms with Crippen LogP contribution in [0.5, 0.6) is 0 Å². The van der Waals surface area contributed by atoms with Crippen molar-refractivity contribution in [3.05, 3.63) is 17.4 Å². The maximum absolute atomic E-state index is 10.9. The molecule has 0 bridgehead atoms. The minimum absolute atomic E-state index is 0.0455. The van der Waals surface area contributed by atoms with Gasteiger partial charge in [-0.3, -0.25) is 9.63 Å². The quantitative estimate of drug-likeness (QED) is 0.403. The summed E-state index contributed by atoms with van der Waals surface area (Å²) in [6, 6.07) is 0. The average molecular weight is 183 g/mol. The van der Waals surface area contributed by atoms with E-state index >= 15 is 0 Å². The summed E-state index contributed by atoms with van der Waals surface area (Å²) < 4.78 is 0. The third-order valence-electron chi connectivity index (χ3n) is 1.75. The van der Waals surface area contributed by atoms with E-state index in [2.05, 4.69) is 36.8 Å². The molecule has 0 aliphatic heterocycles. The molecule has 0 unspecified atom stereocenters. The van der Waals surface area contributed by atoms with Crippen molar-refractivity contribution in [1.29, 1.82) is 0 Å². The Morgan fingerprint density at radius 1 is 1.46 bits per heavy atom. The number of hydrogen-bond acceptors (Lipinski definition) is 2. The van der Waals surface area contributed by atoms with E-state index in [0.717, 1.165) is 5.57 Å². The van der Waals surface area contributed by atoms with Gasteiger partial charge in [0.1, 0.15) is 0 Å². The van der Waals surface area contributed by atoms with Crippen LogP contribution in [0.2, 0.25) is 0 Å². The summed E-state index contributed by atoms with van der Waals surface area (Å²) in [5.41, 5.74) is 6.16. The zero-order valence-corrected chi connectivity index (χ0v) is 8.89. The number of hydrogen-bond donors (Lipinski definition) is 1. The van der Waals surface area contributed by atoms with Gasteiger partial charge in [0.15, 0.2) is 0 Å². The van der Waals surface area contributed by atoms with E-state index in [-0.39, 0.29) is 11.3 Å². The molecule has 1 N–H and O–H groups in total. The first-order valence-electron chi connectivity index (χ1n) is 4.14. The summed E-state index contributed by atoms with van der Waals surface area (Å²) in [7, 11) is 1.39. The molecule has 3 nitrogen and oxygen atoms in total. The fraction of sp³-hybridized carbons (Fsp3) is 0.600. The van der Waals surface area contributed by atoms with Gasteiger partial charge in [-0.15, -0.1) is 5.73 Å². The van der Waals surface area contributed by atoms with Crippen LogP contribution >= 0.6 is 0 Å². The van der Waals surface area contributed by atoms with Gasteiger partial charge in [-0.05, 0) is 17.9 Å². The summed E-state index contributed by atoms with van der Waals surface area (Å²) in [5, 5.41) is 0. The van der Waals surface area contributed by atoms with Crippen LogP contribution in [-0.2, 0) is 9.63 Å². The van der Waals surface area contributed by atoms with E-state index in [1.54, 1.807) is 0 Å². The lowest BCUT2D eigenvalue weighted by Crippen LogP contribution is -2.18. The lowest BCUT2D eigenvalue weighted by molar-refractivity contribution is -0.126. The monoisotopic (exact) mass is 183 g/mol. The fourth-order valence-corrected chi connectivity index (χ4v) is 0.520. The highest BCUT2D eigenvalue weighted by Gasteiger charge is 2.11. The van der Waals surface area contributed by atoms with E-state index in [9.17, 15) is 4.79 Å². The molecule has 0 aromatic carbocycles. The summed E-state index contributed by atoms with van der Waals surface area (Å²) >= 11 is 0. The molecule has 0 aromatic heterocycles. The van der Waals surface area contributed by atoms with Gasteiger partial charge in [0.25, 0.3) is 5.91 Å². The zero-order chi connectivity index (χ0) is 10.5. The highest BCUT2D eigenvalue weighted by molar-refractivity contribution is 5.86. The topological polar surface area (TPSA) is 38.3 Å². The van der Waals surface area contributed by atoms with Crippen molar-refractivity contribution in [1.82, 2.24) is 5.48 Å². The summed E-state index contributed by atoms with van der Waals surface area (Å²) in [5.74, 6) is -0.300. The van der Waals surface area contributed by atoms with Crippen molar-refractivity contribution in [2.24, 2.45) is 5.41 Å². The Balaban J connectivity index is 4.46. The second-order valence-electron chi connectivity index (χ2n) is 3.83. The van der Waals surface area contributed by atoms with Gasteiger partial charge in [0.2, 0.25) is 0 Å². The Labute approximate surface area is 79.4 Å². The molecule has 0 aliphatic rings. The first-order valence-corrected chi connectivity index (χ1v) is 4.14. The van der Waals surface area contributed by atoms with Gasteiger partial charge in [-0.1, -0.05) is 20.8 Å². The second kappa shape index (κ2) is 4.85. The smallest absolute Gasteiger partial charge is 0.275 e. The molecule has 0 saturated heterocycles. The van der Waals surface area contributed by atoms with Crippen LogP contribution in [0.4, 0.5) is 0 Å². The van der Waals surface area contributed by atoms with E-state index in [1.165, 1.54) is 13.2 Å². The van der Waals surface area contributed by atoms with Crippen LogP contribution in [0.15, 0.2) is 17.4 Å². The average Bonchev–Trinajstić information content (AvgIpc) is 1.99. The molecule has 0 atom stereocenters. The van der Waals surface area contributed by atoms with Crippen molar-refractivity contribution >= 4 is 5.91 Å². The molecule has 74 valence electrons. The van der Waals surface area contributed by atoms with Crippen LogP contribution < -0.4 is 5.48 Å². The third-order valence-corrected chi connectivity index (χ3v) is 1.75. The summed E-state index contributed by atoms with van der Waals surface area (Å²) in [4.78, 5) is 15.3. The minimum Gasteiger partial charge on any atom is -0.277 e. The number of nitrogens with one attached hydrogen (secondary N) is 1. The van der Waals surface area contributed by atoms with Crippen molar-refractivity contribution in [3.8, 4) is 0 Å². The van der Waals surface area contributed by atoms with E-state index in [4.69, 9.17) is 0 Å². The number of carbonyl (C=O) groups excluding carboxylic acids is 1. The summed E-state index contributed by atoms with van der Waals surface area (Å²) in [6.07, 6.45) is 1.34. The third kappa shape index (κ3) is 5.23. The highest BCUT2D eigenvalue weighted by atomic mass is 16.6. The molecule has 0 radical (unpaired) electrons. The lowest BCUT2D eigenvalue weighted by Gasteiger charge is -2.16. The van der Waals surface area contributed by atoms with E-state index in [1.807, 2.05) is 6.92 Å². The molecular formula is C10H17NO2. The molecule has 0 aromatic rings. The largest absolute Gasteiger partial charge is 0.277 e. The van der Waals surface area contributed by atoms with Crippen molar-refractivity contribution in [2.45, 2.75) is 27.7 Å². The first-order chi connectivity index (χ1) is 5.88. The number of hydroxylamine groups is 1. The van der Waals surface area contributed by atoms with E-state index in [0.29, 0.717) is 0 Å². The van der Waals surface area contributed by atoms with Crippen LogP contribution in [-0.4, -0.2) is 13.0 Å². The molecule has 0 spiro atoms. The van der Waals surface area contributed by atoms with Crippen molar-refractivity contribution in [3.63, 3.8) is 0 Å². The van der Waals surface area contributed by atoms with Crippen LogP contribution in [0.3, 0.4) is 0 Å². The molecule has 1 amide bonds. The molecular weight excluding hydrogens is 166 g/mol. The molecule has 0 aliphatic carbocycles. The molecule has 0 saturated carbocycles. The zero-order valence-electron chi connectivity index (χ0n) is 8.89. The predicted molar refractivity (Wildman–Crippen MR) is 51.9 cm³/mol. The lowest BCUT2D eigenvalue weighted by atomic mass is 9.88. The molecule has 0 rings (SSSR count). The Morgan fingerprint density at radius 2 is 2.00 bits per heavy atom. The van der Waals surface area contributed by atoms with Gasteiger partial charge in [0.05, 0.1) is 7.11 Å². The predicted octanol–water partition coefficient (Wildman–Crippen LogP) is 1.81. The maximum atomic E-state index is 10.9. The van der Waals surface area contributed by atoms with Gasteiger partial charge in [-0.2, -0.15) is 0 Å². The van der Waals surface area contributed by atoms with Gasteiger partial charge < -0.3 is 0 Å². The summed E-state index contributed by atoms with van der Waals surface area (Å²) in [6.45, 7) is 8.14. The number of rotatable bonds is 2. The Kier molecular flexibility index (Phi) is 4.46. The number of amides is 1. The van der Waals surface area contributed by atoms with Crippen LogP contribution in [0, 0.1) is 5.41 Å². The Bertz CT molecular complexity index is 242. The van der Waals surface area contributed by atoms with Crippen molar-refractivity contribution in [2.75, 3.05) is 7.11 Å². The molecule has 13 heavy (non-hydrogen) atoms. The molecule has 0 heterocycles. The minimum atomic E-state index is -0.300. The Hall–Kier alpha value is -1.05. The van der Waals surface area contributed by atoms with Gasteiger partial charge in [-0.25, -0.2) is 5.48 Å². The molecule has 0 fully saturated rings. The SMILES string of the molecule is CONC(=O)C=C=C(C)C(C)(C)C. The highest BCUT2D eigenvalue weighted by Crippen LogP contribution is 2.22. The molecule has 3 heteroatoms.